The zero-order chi connectivity index (χ0) is 14.9. The number of ether oxygens (including phenoxy) is 1. The zero-order valence-corrected chi connectivity index (χ0v) is 12.1. The number of ketones is 1. The Kier molecular flexibility index (Phi) is 3.93. The van der Waals surface area contributed by atoms with Gasteiger partial charge >= 0.3 is 5.63 Å². The average Bonchev–Trinajstić information content (AvgIpc) is 2.41. The average molecular weight is 274 g/mol. The summed E-state index contributed by atoms with van der Waals surface area (Å²) in [5.74, 6) is 0.518. The predicted molar refractivity (Wildman–Crippen MR) is 77.4 cm³/mol. The van der Waals surface area contributed by atoms with Crippen LogP contribution in [-0.4, -0.2) is 11.9 Å². The lowest BCUT2D eigenvalue weighted by atomic mass is 10.0. The van der Waals surface area contributed by atoms with Crippen LogP contribution in [0.1, 0.15) is 31.9 Å². The van der Waals surface area contributed by atoms with Crippen molar-refractivity contribution in [3.05, 3.63) is 39.7 Å². The summed E-state index contributed by atoms with van der Waals surface area (Å²) < 4.78 is 10.9. The van der Waals surface area contributed by atoms with Crippen LogP contribution >= 0.6 is 0 Å². The van der Waals surface area contributed by atoms with Gasteiger partial charge in [0.05, 0.1) is 0 Å². The molecule has 0 amide bonds. The second-order valence-corrected chi connectivity index (χ2v) is 4.88. The summed E-state index contributed by atoms with van der Waals surface area (Å²) in [6.07, 6.45) is 0.234. The van der Waals surface area contributed by atoms with E-state index in [2.05, 4.69) is 0 Å². The number of fused-ring (bicyclic) bond motifs is 1. The third kappa shape index (κ3) is 2.59. The van der Waals surface area contributed by atoms with Gasteiger partial charge in [-0.2, -0.15) is 0 Å². The second-order valence-electron chi connectivity index (χ2n) is 4.88. The third-order valence-electron chi connectivity index (χ3n) is 3.45. The van der Waals surface area contributed by atoms with Crippen LogP contribution in [0.4, 0.5) is 0 Å². The van der Waals surface area contributed by atoms with E-state index in [-0.39, 0.29) is 11.4 Å². The molecule has 0 fully saturated rings. The summed E-state index contributed by atoms with van der Waals surface area (Å²) in [4.78, 5) is 22.9. The van der Waals surface area contributed by atoms with Gasteiger partial charge in [-0.15, -0.1) is 0 Å². The molecule has 0 aliphatic rings. The van der Waals surface area contributed by atoms with Crippen LogP contribution in [-0.2, 0) is 11.2 Å². The molecule has 0 spiro atoms. The van der Waals surface area contributed by atoms with E-state index in [1.54, 1.807) is 6.92 Å². The van der Waals surface area contributed by atoms with Gasteiger partial charge in [-0.25, -0.2) is 4.79 Å². The highest BCUT2D eigenvalue weighted by Crippen LogP contribution is 2.29. The Labute approximate surface area is 117 Å². The SMILES string of the molecule is CCc1cc(=O)oc2c(C)c(O[C@@H](C)C(C)=O)ccc12. The van der Waals surface area contributed by atoms with Crippen LogP contribution in [0.3, 0.4) is 0 Å². The summed E-state index contributed by atoms with van der Waals surface area (Å²) in [6.45, 7) is 7.00. The van der Waals surface area contributed by atoms with Crippen LogP contribution in [0.25, 0.3) is 11.0 Å². The van der Waals surface area contributed by atoms with Gasteiger partial charge in [0.15, 0.2) is 11.9 Å². The van der Waals surface area contributed by atoms with E-state index in [0.717, 1.165) is 22.9 Å². The highest BCUT2D eigenvalue weighted by molar-refractivity contribution is 5.85. The van der Waals surface area contributed by atoms with Crippen LogP contribution in [0.5, 0.6) is 5.75 Å². The number of benzene rings is 1. The third-order valence-corrected chi connectivity index (χ3v) is 3.45. The molecule has 1 atom stereocenters. The number of carbonyl (C=O) groups excluding carboxylic acids is 1. The Morgan fingerprint density at radius 3 is 2.70 bits per heavy atom. The molecule has 1 heterocycles. The lowest BCUT2D eigenvalue weighted by Crippen LogP contribution is -2.21. The van der Waals surface area contributed by atoms with E-state index in [1.165, 1.54) is 13.0 Å². The molecule has 1 aromatic carbocycles. The van der Waals surface area contributed by atoms with Crippen molar-refractivity contribution in [3.63, 3.8) is 0 Å². The highest BCUT2D eigenvalue weighted by atomic mass is 16.5. The molecule has 0 N–H and O–H groups in total. The van der Waals surface area contributed by atoms with Gasteiger partial charge in [-0.3, -0.25) is 4.79 Å². The first-order valence-corrected chi connectivity index (χ1v) is 6.67. The first-order chi connectivity index (χ1) is 9.43. The van der Waals surface area contributed by atoms with E-state index in [1.807, 2.05) is 26.0 Å². The number of carbonyl (C=O) groups is 1. The Morgan fingerprint density at radius 2 is 2.10 bits per heavy atom. The molecule has 0 aliphatic heterocycles. The number of hydrogen-bond acceptors (Lipinski definition) is 4. The quantitative estimate of drug-likeness (QED) is 0.804. The van der Waals surface area contributed by atoms with Crippen molar-refractivity contribution >= 4 is 16.8 Å². The molecule has 106 valence electrons. The Balaban J connectivity index is 2.59. The van der Waals surface area contributed by atoms with E-state index in [4.69, 9.17) is 9.15 Å². The maximum atomic E-state index is 11.6. The first-order valence-electron chi connectivity index (χ1n) is 6.67. The van der Waals surface area contributed by atoms with Crippen LogP contribution in [0.15, 0.2) is 27.4 Å². The molecule has 1 aromatic heterocycles. The minimum Gasteiger partial charge on any atom is -0.483 e. The predicted octanol–water partition coefficient (Wildman–Crippen LogP) is 3.02. The van der Waals surface area contributed by atoms with Gasteiger partial charge in [0.25, 0.3) is 0 Å². The smallest absolute Gasteiger partial charge is 0.336 e. The normalized spacial score (nSPS) is 12.4. The summed E-state index contributed by atoms with van der Waals surface area (Å²) >= 11 is 0. The molecule has 20 heavy (non-hydrogen) atoms. The minimum atomic E-state index is -0.521. The fraction of sp³-hybridized carbons (Fsp3) is 0.375. The van der Waals surface area contributed by atoms with Gasteiger partial charge in [0.1, 0.15) is 11.3 Å². The standard InChI is InChI=1S/C16H18O4/c1-5-12-8-15(18)20-16-9(2)14(7-6-13(12)16)19-11(4)10(3)17/h6-8,11H,5H2,1-4H3/t11-/m0/s1. The number of aryl methyl sites for hydroxylation is 2. The molecule has 4 nitrogen and oxygen atoms in total. The molecule has 0 radical (unpaired) electrons. The Morgan fingerprint density at radius 1 is 1.40 bits per heavy atom. The van der Waals surface area contributed by atoms with Gasteiger partial charge in [-0.1, -0.05) is 6.92 Å². The maximum absolute atomic E-state index is 11.6. The zero-order valence-electron chi connectivity index (χ0n) is 12.1. The van der Waals surface area contributed by atoms with Crippen molar-refractivity contribution in [1.82, 2.24) is 0 Å². The molecule has 4 heteroatoms. The summed E-state index contributed by atoms with van der Waals surface area (Å²) in [7, 11) is 0. The first kappa shape index (κ1) is 14.3. The largest absolute Gasteiger partial charge is 0.483 e. The molecule has 0 saturated carbocycles. The Hall–Kier alpha value is -2.10. The van der Waals surface area contributed by atoms with E-state index in [9.17, 15) is 9.59 Å². The van der Waals surface area contributed by atoms with E-state index in [0.29, 0.717) is 11.3 Å². The number of hydrogen-bond donors (Lipinski definition) is 0. The van der Waals surface area contributed by atoms with Crippen LogP contribution in [0, 0.1) is 6.92 Å². The van der Waals surface area contributed by atoms with Gasteiger partial charge in [0, 0.05) is 17.0 Å². The van der Waals surface area contributed by atoms with Crippen molar-refractivity contribution in [1.29, 1.82) is 0 Å². The number of Topliss-reactive ketones (excluding diaryl/α,β-unsaturated/α-hetero) is 1. The molecule has 2 aromatic rings. The molecule has 2 rings (SSSR count). The van der Waals surface area contributed by atoms with E-state index >= 15 is 0 Å². The fourth-order valence-corrected chi connectivity index (χ4v) is 2.10. The molecule has 0 saturated heterocycles. The lowest BCUT2D eigenvalue weighted by molar-refractivity contribution is -0.122. The van der Waals surface area contributed by atoms with Crippen molar-refractivity contribution in [3.8, 4) is 5.75 Å². The molecular weight excluding hydrogens is 256 g/mol. The second kappa shape index (κ2) is 5.49. The van der Waals surface area contributed by atoms with Gasteiger partial charge in [-0.05, 0) is 44.9 Å². The van der Waals surface area contributed by atoms with E-state index < -0.39 is 6.10 Å². The minimum absolute atomic E-state index is 0.0479. The van der Waals surface area contributed by atoms with Crippen LogP contribution < -0.4 is 10.4 Å². The summed E-state index contributed by atoms with van der Waals surface area (Å²) in [5.41, 5.74) is 1.85. The van der Waals surface area contributed by atoms with Crippen molar-refractivity contribution in [2.24, 2.45) is 0 Å². The van der Waals surface area contributed by atoms with Crippen molar-refractivity contribution in [2.45, 2.75) is 40.2 Å². The molecule has 0 aliphatic carbocycles. The highest BCUT2D eigenvalue weighted by Gasteiger charge is 2.15. The molecule has 0 unspecified atom stereocenters. The van der Waals surface area contributed by atoms with Crippen molar-refractivity contribution < 1.29 is 13.9 Å². The molecule has 0 bridgehead atoms. The topological polar surface area (TPSA) is 56.5 Å². The van der Waals surface area contributed by atoms with Crippen LogP contribution in [0.2, 0.25) is 0 Å². The maximum Gasteiger partial charge on any atom is 0.336 e. The number of rotatable bonds is 4. The van der Waals surface area contributed by atoms with Crippen molar-refractivity contribution in [2.75, 3.05) is 0 Å². The summed E-state index contributed by atoms with van der Waals surface area (Å²) in [5, 5.41) is 0.910. The monoisotopic (exact) mass is 274 g/mol. The molecular formula is C16H18O4. The lowest BCUT2D eigenvalue weighted by Gasteiger charge is -2.15. The van der Waals surface area contributed by atoms with Gasteiger partial charge < -0.3 is 9.15 Å². The summed E-state index contributed by atoms with van der Waals surface area (Å²) in [6, 6.07) is 5.20. The fourth-order valence-electron chi connectivity index (χ4n) is 2.10. The van der Waals surface area contributed by atoms with Gasteiger partial charge in [0.2, 0.25) is 0 Å². The Bertz CT molecular complexity index is 712.